The maximum absolute atomic E-state index is 13.2. The molecule has 0 fully saturated rings. The van der Waals surface area contributed by atoms with Gasteiger partial charge in [0.2, 0.25) is 0 Å². The summed E-state index contributed by atoms with van der Waals surface area (Å²) in [6.45, 7) is 0.384. The van der Waals surface area contributed by atoms with Gasteiger partial charge in [-0.25, -0.2) is 4.39 Å². The van der Waals surface area contributed by atoms with Gasteiger partial charge in [-0.15, -0.1) is 5.10 Å². The van der Waals surface area contributed by atoms with E-state index in [4.69, 9.17) is 5.73 Å². The summed E-state index contributed by atoms with van der Waals surface area (Å²) in [6, 6.07) is 4.83. The summed E-state index contributed by atoms with van der Waals surface area (Å²) >= 11 is 3.17. The Morgan fingerprint density at radius 3 is 2.93 bits per heavy atom. The van der Waals surface area contributed by atoms with Crippen LogP contribution in [0.15, 0.2) is 28.9 Å². The Morgan fingerprint density at radius 1 is 1.47 bits per heavy atom. The van der Waals surface area contributed by atoms with E-state index in [1.807, 2.05) is 0 Å². The van der Waals surface area contributed by atoms with Gasteiger partial charge in [-0.05, 0) is 27.6 Å². The first-order valence-electron chi connectivity index (χ1n) is 4.25. The number of nitrogens with zero attached hydrogens (tertiary/aromatic N) is 3. The van der Waals surface area contributed by atoms with E-state index in [1.54, 1.807) is 12.1 Å². The Bertz CT molecular complexity index is 483. The molecular weight excluding hydrogens is 263 g/mol. The molecule has 0 unspecified atom stereocenters. The second-order valence-corrected chi connectivity index (χ2v) is 3.81. The fourth-order valence-corrected chi connectivity index (χ4v) is 1.60. The van der Waals surface area contributed by atoms with Gasteiger partial charge in [-0.3, -0.25) is 0 Å². The van der Waals surface area contributed by atoms with Crippen LogP contribution >= 0.6 is 15.9 Å². The van der Waals surface area contributed by atoms with E-state index < -0.39 is 0 Å². The Kier molecular flexibility index (Phi) is 2.68. The minimum atomic E-state index is -0.298. The van der Waals surface area contributed by atoms with Gasteiger partial charge in [0, 0.05) is 0 Å². The van der Waals surface area contributed by atoms with Crippen molar-refractivity contribution >= 4 is 21.7 Å². The highest BCUT2D eigenvalue weighted by molar-refractivity contribution is 9.10. The van der Waals surface area contributed by atoms with E-state index >= 15 is 0 Å². The van der Waals surface area contributed by atoms with E-state index in [0.29, 0.717) is 16.8 Å². The van der Waals surface area contributed by atoms with Crippen LogP contribution in [0.2, 0.25) is 0 Å². The monoisotopic (exact) mass is 270 g/mol. The minimum absolute atomic E-state index is 0.298. The summed E-state index contributed by atoms with van der Waals surface area (Å²) < 4.78 is 13.6. The second kappa shape index (κ2) is 3.98. The molecule has 0 atom stereocenters. The molecule has 0 aliphatic rings. The fourth-order valence-electron chi connectivity index (χ4n) is 1.21. The number of halogens is 2. The molecule has 0 radical (unpaired) electrons. The van der Waals surface area contributed by atoms with E-state index in [9.17, 15) is 4.39 Å². The standard InChI is InChI=1S/C9H8BrFN4/c10-9-6(2-1-3-7(9)11)5-15-13-4-8(12)14-15/h1-4H,5H2,(H2,12,14). The summed E-state index contributed by atoms with van der Waals surface area (Å²) in [5.41, 5.74) is 6.19. The molecule has 15 heavy (non-hydrogen) atoms. The molecule has 4 nitrogen and oxygen atoms in total. The first-order valence-corrected chi connectivity index (χ1v) is 5.04. The van der Waals surface area contributed by atoms with Crippen LogP contribution in [-0.4, -0.2) is 15.0 Å². The molecule has 2 N–H and O–H groups in total. The van der Waals surface area contributed by atoms with Gasteiger partial charge in [-0.1, -0.05) is 12.1 Å². The third-order valence-corrected chi connectivity index (χ3v) is 2.79. The largest absolute Gasteiger partial charge is 0.381 e. The van der Waals surface area contributed by atoms with Gasteiger partial charge in [0.15, 0.2) is 5.82 Å². The third-order valence-electron chi connectivity index (χ3n) is 1.90. The summed E-state index contributed by atoms with van der Waals surface area (Å²) in [6.07, 6.45) is 1.45. The van der Waals surface area contributed by atoms with Gasteiger partial charge >= 0.3 is 0 Å². The van der Waals surface area contributed by atoms with Crippen LogP contribution < -0.4 is 5.73 Å². The number of hydrogen-bond donors (Lipinski definition) is 1. The maximum atomic E-state index is 13.2. The molecule has 0 saturated carbocycles. The molecule has 2 rings (SSSR count). The average Bonchev–Trinajstić information content (AvgIpc) is 2.59. The maximum Gasteiger partial charge on any atom is 0.165 e. The van der Waals surface area contributed by atoms with Gasteiger partial charge in [0.05, 0.1) is 17.2 Å². The highest BCUT2D eigenvalue weighted by Gasteiger charge is 2.06. The third kappa shape index (κ3) is 2.15. The molecule has 0 aliphatic carbocycles. The number of hydrogen-bond acceptors (Lipinski definition) is 3. The number of nitrogens with two attached hydrogens (primary N) is 1. The summed E-state index contributed by atoms with van der Waals surface area (Å²) in [5.74, 6) is 0.0511. The van der Waals surface area contributed by atoms with E-state index in [2.05, 4.69) is 26.1 Å². The second-order valence-electron chi connectivity index (χ2n) is 3.01. The summed E-state index contributed by atoms with van der Waals surface area (Å²) in [5, 5.41) is 7.84. The Balaban J connectivity index is 2.28. The zero-order valence-corrected chi connectivity index (χ0v) is 9.28. The van der Waals surface area contributed by atoms with Gasteiger partial charge < -0.3 is 5.73 Å². The lowest BCUT2D eigenvalue weighted by Gasteiger charge is -2.03. The Hall–Kier alpha value is -1.43. The Morgan fingerprint density at radius 2 is 2.27 bits per heavy atom. The molecule has 2 aromatic rings. The zero-order valence-electron chi connectivity index (χ0n) is 7.69. The van der Waals surface area contributed by atoms with E-state index in [1.165, 1.54) is 17.1 Å². The van der Waals surface area contributed by atoms with Crippen LogP contribution in [0.1, 0.15) is 5.56 Å². The SMILES string of the molecule is Nc1cnn(Cc2cccc(F)c2Br)n1. The van der Waals surface area contributed by atoms with Crippen molar-refractivity contribution in [2.45, 2.75) is 6.54 Å². The molecule has 1 heterocycles. The number of anilines is 1. The van der Waals surface area contributed by atoms with Crippen LogP contribution in [-0.2, 0) is 6.54 Å². The van der Waals surface area contributed by atoms with Gasteiger partial charge in [-0.2, -0.15) is 9.90 Å². The van der Waals surface area contributed by atoms with Crippen LogP contribution in [0.3, 0.4) is 0 Å². The van der Waals surface area contributed by atoms with Crippen molar-refractivity contribution in [1.29, 1.82) is 0 Å². The molecule has 1 aromatic heterocycles. The molecule has 0 aliphatic heterocycles. The van der Waals surface area contributed by atoms with Crippen molar-refractivity contribution in [3.8, 4) is 0 Å². The van der Waals surface area contributed by atoms with E-state index in [0.717, 1.165) is 5.56 Å². The van der Waals surface area contributed by atoms with Crippen LogP contribution in [0.25, 0.3) is 0 Å². The summed E-state index contributed by atoms with van der Waals surface area (Å²) in [7, 11) is 0. The molecule has 0 amide bonds. The first-order chi connectivity index (χ1) is 7.16. The van der Waals surface area contributed by atoms with E-state index in [-0.39, 0.29) is 5.82 Å². The predicted octanol–water partition coefficient (Wildman–Crippen LogP) is 1.81. The molecule has 6 heteroatoms. The highest BCUT2D eigenvalue weighted by Crippen LogP contribution is 2.20. The normalized spacial score (nSPS) is 10.5. The first kappa shape index (κ1) is 10.1. The summed E-state index contributed by atoms with van der Waals surface area (Å²) in [4.78, 5) is 1.41. The molecule has 0 spiro atoms. The lowest BCUT2D eigenvalue weighted by molar-refractivity contribution is 0.579. The molecule has 1 aromatic carbocycles. The number of aromatic nitrogens is 3. The van der Waals surface area contributed by atoms with Gasteiger partial charge in [0.25, 0.3) is 0 Å². The Labute approximate surface area is 94.0 Å². The topological polar surface area (TPSA) is 56.7 Å². The lowest BCUT2D eigenvalue weighted by Crippen LogP contribution is -2.05. The van der Waals surface area contributed by atoms with Crippen LogP contribution in [0, 0.1) is 5.82 Å². The van der Waals surface area contributed by atoms with Crippen molar-refractivity contribution in [3.05, 3.63) is 40.2 Å². The van der Waals surface area contributed by atoms with Crippen molar-refractivity contribution in [1.82, 2.24) is 15.0 Å². The fraction of sp³-hybridized carbons (Fsp3) is 0.111. The van der Waals surface area contributed by atoms with Crippen LogP contribution in [0.5, 0.6) is 0 Å². The average molecular weight is 271 g/mol. The van der Waals surface area contributed by atoms with Crippen molar-refractivity contribution in [2.75, 3.05) is 5.73 Å². The zero-order chi connectivity index (χ0) is 10.8. The quantitative estimate of drug-likeness (QED) is 0.906. The molecular formula is C9H8BrFN4. The lowest BCUT2D eigenvalue weighted by atomic mass is 10.2. The number of rotatable bonds is 2. The number of nitrogen functional groups attached to an aromatic ring is 1. The minimum Gasteiger partial charge on any atom is -0.381 e. The predicted molar refractivity (Wildman–Crippen MR) is 57.6 cm³/mol. The van der Waals surface area contributed by atoms with Gasteiger partial charge in [0.1, 0.15) is 5.82 Å². The van der Waals surface area contributed by atoms with Crippen molar-refractivity contribution < 1.29 is 4.39 Å². The highest BCUT2D eigenvalue weighted by atomic mass is 79.9. The molecule has 78 valence electrons. The smallest absolute Gasteiger partial charge is 0.165 e. The number of benzene rings is 1. The van der Waals surface area contributed by atoms with Crippen molar-refractivity contribution in [2.24, 2.45) is 0 Å². The molecule has 0 bridgehead atoms. The van der Waals surface area contributed by atoms with Crippen LogP contribution in [0.4, 0.5) is 10.2 Å². The molecule has 0 saturated heterocycles. The van der Waals surface area contributed by atoms with Crippen molar-refractivity contribution in [3.63, 3.8) is 0 Å².